The number of rotatable bonds is 3. The minimum Gasteiger partial charge on any atom is -0.391 e. The first kappa shape index (κ1) is 11.5. The largest absolute Gasteiger partial charge is 0.391 e. The molecule has 0 aromatic heterocycles. The summed E-state index contributed by atoms with van der Waals surface area (Å²) < 4.78 is 0. The number of nitriles is 1. The van der Waals surface area contributed by atoms with Crippen molar-refractivity contribution in [2.75, 3.05) is 7.05 Å². The molecule has 0 bridgehead atoms. The van der Waals surface area contributed by atoms with Gasteiger partial charge >= 0.3 is 0 Å². The van der Waals surface area contributed by atoms with Gasteiger partial charge in [0.05, 0.1) is 18.6 Å². The summed E-state index contributed by atoms with van der Waals surface area (Å²) in [6.45, 7) is 2.05. The zero-order valence-electron chi connectivity index (χ0n) is 9.11. The highest BCUT2D eigenvalue weighted by Gasteiger charge is 2.28. The van der Waals surface area contributed by atoms with Gasteiger partial charge in [0.25, 0.3) is 0 Å². The molecule has 1 N–H and O–H groups in total. The SMILES string of the molecule is CC(CC#N)N(C)[C@H]1CCCC[C@@H]1O. The molecule has 0 amide bonds. The summed E-state index contributed by atoms with van der Waals surface area (Å²) in [6, 6.07) is 2.68. The molecule has 0 heterocycles. The highest BCUT2D eigenvalue weighted by Crippen LogP contribution is 2.24. The molecule has 0 saturated heterocycles. The molecule has 0 aromatic rings. The molecular formula is C11H20N2O. The van der Waals surface area contributed by atoms with E-state index in [4.69, 9.17) is 5.26 Å². The van der Waals surface area contributed by atoms with E-state index in [-0.39, 0.29) is 18.2 Å². The van der Waals surface area contributed by atoms with Crippen molar-refractivity contribution in [3.63, 3.8) is 0 Å². The van der Waals surface area contributed by atoms with Gasteiger partial charge in [-0.15, -0.1) is 0 Å². The number of hydrogen-bond donors (Lipinski definition) is 1. The summed E-state index contributed by atoms with van der Waals surface area (Å²) in [4.78, 5) is 2.16. The van der Waals surface area contributed by atoms with Gasteiger partial charge in [-0.05, 0) is 26.8 Å². The van der Waals surface area contributed by atoms with E-state index in [0.717, 1.165) is 19.3 Å². The van der Waals surface area contributed by atoms with Gasteiger partial charge in [0.15, 0.2) is 0 Å². The Labute approximate surface area is 86.3 Å². The van der Waals surface area contributed by atoms with Gasteiger partial charge in [-0.1, -0.05) is 12.8 Å². The Bertz CT molecular complexity index is 212. The van der Waals surface area contributed by atoms with Crippen LogP contribution in [0.2, 0.25) is 0 Å². The van der Waals surface area contributed by atoms with Crippen molar-refractivity contribution >= 4 is 0 Å². The van der Waals surface area contributed by atoms with Crippen molar-refractivity contribution in [3.8, 4) is 6.07 Å². The van der Waals surface area contributed by atoms with Crippen LogP contribution in [0.3, 0.4) is 0 Å². The average Bonchev–Trinajstić information content (AvgIpc) is 2.18. The van der Waals surface area contributed by atoms with E-state index in [1.165, 1.54) is 6.42 Å². The lowest BCUT2D eigenvalue weighted by atomic mass is 9.91. The lowest BCUT2D eigenvalue weighted by molar-refractivity contribution is 0.0168. The molecule has 3 nitrogen and oxygen atoms in total. The van der Waals surface area contributed by atoms with Crippen molar-refractivity contribution in [2.24, 2.45) is 0 Å². The maximum atomic E-state index is 9.83. The zero-order chi connectivity index (χ0) is 10.6. The van der Waals surface area contributed by atoms with Crippen LogP contribution in [-0.2, 0) is 0 Å². The van der Waals surface area contributed by atoms with E-state index in [1.807, 2.05) is 14.0 Å². The maximum absolute atomic E-state index is 9.83. The predicted molar refractivity (Wildman–Crippen MR) is 55.7 cm³/mol. The Balaban J connectivity index is 2.49. The molecule has 0 radical (unpaired) electrons. The van der Waals surface area contributed by atoms with Crippen molar-refractivity contribution in [1.29, 1.82) is 5.26 Å². The fraction of sp³-hybridized carbons (Fsp3) is 0.909. The molecule has 1 fully saturated rings. The van der Waals surface area contributed by atoms with Crippen LogP contribution in [0.25, 0.3) is 0 Å². The molecule has 1 aliphatic carbocycles. The minimum absolute atomic E-state index is 0.199. The van der Waals surface area contributed by atoms with Gasteiger partial charge < -0.3 is 5.11 Å². The molecule has 1 rings (SSSR count). The van der Waals surface area contributed by atoms with E-state index < -0.39 is 0 Å². The van der Waals surface area contributed by atoms with Crippen molar-refractivity contribution in [1.82, 2.24) is 4.90 Å². The van der Waals surface area contributed by atoms with Crippen molar-refractivity contribution in [3.05, 3.63) is 0 Å². The molecule has 0 spiro atoms. The van der Waals surface area contributed by atoms with Crippen molar-refractivity contribution < 1.29 is 5.11 Å². The summed E-state index contributed by atoms with van der Waals surface area (Å²) in [5.74, 6) is 0. The number of likely N-dealkylation sites (N-methyl/N-ethyl adjacent to an activating group) is 1. The lowest BCUT2D eigenvalue weighted by Crippen LogP contribution is -2.47. The van der Waals surface area contributed by atoms with Crippen LogP contribution >= 0.6 is 0 Å². The second kappa shape index (κ2) is 5.33. The van der Waals surface area contributed by atoms with Gasteiger partial charge in [0, 0.05) is 12.1 Å². The number of hydrogen-bond acceptors (Lipinski definition) is 3. The Morgan fingerprint density at radius 1 is 1.50 bits per heavy atom. The van der Waals surface area contributed by atoms with Crippen molar-refractivity contribution in [2.45, 2.75) is 57.2 Å². The molecular weight excluding hydrogens is 176 g/mol. The second-order valence-corrected chi connectivity index (χ2v) is 4.30. The van der Waals surface area contributed by atoms with Crippen LogP contribution in [0, 0.1) is 11.3 Å². The quantitative estimate of drug-likeness (QED) is 0.744. The summed E-state index contributed by atoms with van der Waals surface area (Å²) >= 11 is 0. The van der Waals surface area contributed by atoms with Crippen LogP contribution in [-0.4, -0.2) is 35.2 Å². The van der Waals surface area contributed by atoms with Gasteiger partial charge in [-0.2, -0.15) is 5.26 Å². The summed E-state index contributed by atoms with van der Waals surface area (Å²) in [5.41, 5.74) is 0. The maximum Gasteiger partial charge on any atom is 0.0695 e. The highest BCUT2D eigenvalue weighted by atomic mass is 16.3. The molecule has 3 heteroatoms. The second-order valence-electron chi connectivity index (χ2n) is 4.30. The Kier molecular flexibility index (Phi) is 4.37. The molecule has 0 aliphatic heterocycles. The Morgan fingerprint density at radius 3 is 2.71 bits per heavy atom. The molecule has 14 heavy (non-hydrogen) atoms. The molecule has 80 valence electrons. The third-order valence-corrected chi connectivity index (χ3v) is 3.30. The van der Waals surface area contributed by atoms with Gasteiger partial charge in [-0.25, -0.2) is 0 Å². The normalized spacial score (nSPS) is 29.9. The molecule has 1 aliphatic rings. The Hall–Kier alpha value is -0.590. The van der Waals surface area contributed by atoms with E-state index in [9.17, 15) is 5.11 Å². The van der Waals surface area contributed by atoms with Gasteiger partial charge in [-0.3, -0.25) is 4.90 Å². The van der Waals surface area contributed by atoms with E-state index in [1.54, 1.807) is 0 Å². The lowest BCUT2D eigenvalue weighted by Gasteiger charge is -2.38. The number of aliphatic hydroxyl groups is 1. The van der Waals surface area contributed by atoms with Gasteiger partial charge in [0.1, 0.15) is 0 Å². The van der Waals surface area contributed by atoms with Crippen LogP contribution in [0.1, 0.15) is 39.0 Å². The van der Waals surface area contributed by atoms with E-state index >= 15 is 0 Å². The fourth-order valence-electron chi connectivity index (χ4n) is 2.17. The number of nitrogens with zero attached hydrogens (tertiary/aromatic N) is 2. The predicted octanol–water partition coefficient (Wildman–Crippen LogP) is 1.52. The average molecular weight is 196 g/mol. The highest BCUT2D eigenvalue weighted by molar-refractivity contribution is 4.87. The molecule has 0 aromatic carbocycles. The topological polar surface area (TPSA) is 47.3 Å². The first-order valence-corrected chi connectivity index (χ1v) is 5.43. The summed E-state index contributed by atoms with van der Waals surface area (Å²) in [7, 11) is 2.02. The van der Waals surface area contributed by atoms with Crippen LogP contribution in [0.5, 0.6) is 0 Å². The molecule has 1 saturated carbocycles. The first-order chi connectivity index (χ1) is 6.66. The monoisotopic (exact) mass is 196 g/mol. The standard InChI is InChI=1S/C11H20N2O/c1-9(7-8-12)13(2)10-5-3-4-6-11(10)14/h9-11,14H,3-7H2,1-2H3/t9?,10-,11-/m0/s1. The smallest absolute Gasteiger partial charge is 0.0695 e. The molecule has 3 atom stereocenters. The van der Waals surface area contributed by atoms with E-state index in [2.05, 4.69) is 11.0 Å². The first-order valence-electron chi connectivity index (χ1n) is 5.43. The Morgan fingerprint density at radius 2 is 2.14 bits per heavy atom. The minimum atomic E-state index is -0.199. The third kappa shape index (κ3) is 2.70. The number of aliphatic hydroxyl groups excluding tert-OH is 1. The van der Waals surface area contributed by atoms with Crippen LogP contribution in [0.15, 0.2) is 0 Å². The third-order valence-electron chi connectivity index (χ3n) is 3.30. The van der Waals surface area contributed by atoms with E-state index in [0.29, 0.717) is 6.42 Å². The molecule has 1 unspecified atom stereocenters. The fourth-order valence-corrected chi connectivity index (χ4v) is 2.17. The van der Waals surface area contributed by atoms with Gasteiger partial charge in [0.2, 0.25) is 0 Å². The summed E-state index contributed by atoms with van der Waals surface area (Å²) in [5, 5.41) is 18.4. The van der Waals surface area contributed by atoms with Crippen LogP contribution in [0.4, 0.5) is 0 Å². The summed E-state index contributed by atoms with van der Waals surface area (Å²) in [6.07, 6.45) is 4.65. The van der Waals surface area contributed by atoms with Crippen LogP contribution < -0.4 is 0 Å². The zero-order valence-corrected chi connectivity index (χ0v) is 9.11.